The Morgan fingerprint density at radius 1 is 1.19 bits per heavy atom. The molecule has 0 bridgehead atoms. The van der Waals surface area contributed by atoms with Crippen LogP contribution in [0.1, 0.15) is 30.4 Å². The second-order valence-electron chi connectivity index (χ2n) is 7.42. The summed E-state index contributed by atoms with van der Waals surface area (Å²) in [4.78, 5) is 35.2. The van der Waals surface area contributed by atoms with Gasteiger partial charge in [-0.2, -0.15) is 0 Å². The molecule has 0 aliphatic carbocycles. The van der Waals surface area contributed by atoms with Gasteiger partial charge < -0.3 is 15.7 Å². The molecular formula is C23H28ClN3O4. The first-order chi connectivity index (χ1) is 14.9. The zero-order chi connectivity index (χ0) is 22.6. The quantitative estimate of drug-likeness (QED) is 0.467. The summed E-state index contributed by atoms with van der Waals surface area (Å²) in [6.45, 7) is 4.34. The van der Waals surface area contributed by atoms with E-state index in [2.05, 4.69) is 27.7 Å². The fraction of sp³-hybridized carbons (Fsp3) is 0.348. The lowest BCUT2D eigenvalue weighted by Crippen LogP contribution is -2.47. The third kappa shape index (κ3) is 8.78. The second-order valence-corrected chi connectivity index (χ2v) is 7.85. The van der Waals surface area contributed by atoms with Crippen molar-refractivity contribution in [2.45, 2.75) is 38.8 Å². The van der Waals surface area contributed by atoms with Gasteiger partial charge in [0.05, 0.1) is 0 Å². The first-order valence-electron chi connectivity index (χ1n) is 10.1. The van der Waals surface area contributed by atoms with Crippen molar-refractivity contribution in [3.05, 3.63) is 64.7 Å². The molecule has 1 fully saturated rings. The topological polar surface area (TPSA) is 98.7 Å². The summed E-state index contributed by atoms with van der Waals surface area (Å²) >= 11 is 5.97. The van der Waals surface area contributed by atoms with Gasteiger partial charge in [-0.25, -0.2) is 0 Å². The molecule has 0 saturated carbocycles. The monoisotopic (exact) mass is 445 g/mol. The van der Waals surface area contributed by atoms with Crippen LogP contribution in [0.3, 0.4) is 0 Å². The fourth-order valence-electron chi connectivity index (χ4n) is 3.51. The van der Waals surface area contributed by atoms with E-state index < -0.39 is 0 Å². The number of benzene rings is 2. The Balaban J connectivity index is 0.00000107. The standard InChI is InChI=1S/C22H26ClN3O2.CH2O2/c1-16-9-10-18(23)12-20(16)25-22(28)13-21(27)24-19-8-5-11-26(15-19)14-17-6-3-2-4-7-17;2-1-3/h2-4,6-7,9-10,12,19H,5,8,11,13-15H2,1H3,(H,24,27)(H,25,28);1H,(H,2,3)/t19-;/m0./s1. The molecular weight excluding hydrogens is 418 g/mol. The normalized spacial score (nSPS) is 15.9. The van der Waals surface area contributed by atoms with E-state index in [0.29, 0.717) is 10.7 Å². The average Bonchev–Trinajstić information content (AvgIpc) is 2.72. The number of piperidine rings is 1. The van der Waals surface area contributed by atoms with Crippen molar-refractivity contribution in [2.75, 3.05) is 18.4 Å². The molecule has 0 unspecified atom stereocenters. The number of carboxylic acid groups (broad SMARTS) is 1. The molecule has 0 spiro atoms. The van der Waals surface area contributed by atoms with Crippen LogP contribution in [0.15, 0.2) is 48.5 Å². The number of carbonyl (C=O) groups is 3. The number of amides is 2. The highest BCUT2D eigenvalue weighted by Crippen LogP contribution is 2.20. The van der Waals surface area contributed by atoms with Crippen molar-refractivity contribution in [2.24, 2.45) is 0 Å². The van der Waals surface area contributed by atoms with Crippen LogP contribution in [0, 0.1) is 6.92 Å². The van der Waals surface area contributed by atoms with Gasteiger partial charge >= 0.3 is 0 Å². The van der Waals surface area contributed by atoms with Crippen molar-refractivity contribution in [3.63, 3.8) is 0 Å². The highest BCUT2D eigenvalue weighted by molar-refractivity contribution is 6.31. The lowest BCUT2D eigenvalue weighted by Gasteiger charge is -2.33. The summed E-state index contributed by atoms with van der Waals surface area (Å²) < 4.78 is 0. The van der Waals surface area contributed by atoms with Crippen LogP contribution in [-0.4, -0.2) is 47.4 Å². The average molecular weight is 446 g/mol. The van der Waals surface area contributed by atoms with Crippen LogP contribution < -0.4 is 10.6 Å². The van der Waals surface area contributed by atoms with Crippen molar-refractivity contribution in [3.8, 4) is 0 Å². The number of nitrogens with zero attached hydrogens (tertiary/aromatic N) is 1. The smallest absolute Gasteiger partial charge is 0.290 e. The summed E-state index contributed by atoms with van der Waals surface area (Å²) in [6, 6.07) is 15.7. The Kier molecular flexibility index (Phi) is 10.00. The minimum atomic E-state index is -0.334. The molecule has 2 aromatic rings. The predicted octanol–water partition coefficient (Wildman–Crippen LogP) is 3.46. The largest absolute Gasteiger partial charge is 0.483 e. The van der Waals surface area contributed by atoms with E-state index in [9.17, 15) is 9.59 Å². The number of hydrogen-bond acceptors (Lipinski definition) is 4. The molecule has 1 aliphatic heterocycles. The molecule has 7 nitrogen and oxygen atoms in total. The Morgan fingerprint density at radius 2 is 1.90 bits per heavy atom. The maximum Gasteiger partial charge on any atom is 0.290 e. The SMILES string of the molecule is Cc1ccc(Cl)cc1NC(=O)CC(=O)N[C@H]1CCCN(Cc2ccccc2)C1.O=CO. The van der Waals surface area contributed by atoms with Crippen LogP contribution in [-0.2, 0) is 20.9 Å². The van der Waals surface area contributed by atoms with Crippen molar-refractivity contribution < 1.29 is 19.5 Å². The fourth-order valence-corrected chi connectivity index (χ4v) is 3.68. The molecule has 3 N–H and O–H groups in total. The molecule has 2 aromatic carbocycles. The third-order valence-electron chi connectivity index (χ3n) is 4.91. The lowest BCUT2D eigenvalue weighted by molar-refractivity contribution is -0.127. The van der Waals surface area contributed by atoms with Gasteiger partial charge in [0.15, 0.2) is 0 Å². The van der Waals surface area contributed by atoms with E-state index >= 15 is 0 Å². The molecule has 0 radical (unpaired) electrons. The highest BCUT2D eigenvalue weighted by Gasteiger charge is 2.22. The first kappa shape index (κ1) is 24.4. The Labute approximate surface area is 187 Å². The van der Waals surface area contributed by atoms with E-state index in [-0.39, 0.29) is 30.7 Å². The van der Waals surface area contributed by atoms with Gasteiger partial charge in [0.2, 0.25) is 11.8 Å². The molecule has 2 amide bonds. The molecule has 1 saturated heterocycles. The zero-order valence-electron chi connectivity index (χ0n) is 17.5. The van der Waals surface area contributed by atoms with Crippen LogP contribution in [0.4, 0.5) is 5.69 Å². The van der Waals surface area contributed by atoms with Gasteiger partial charge in [-0.3, -0.25) is 19.3 Å². The summed E-state index contributed by atoms with van der Waals surface area (Å²) in [7, 11) is 0. The number of rotatable bonds is 6. The molecule has 1 heterocycles. The second kappa shape index (κ2) is 12.7. The van der Waals surface area contributed by atoms with Crippen molar-refractivity contribution in [1.29, 1.82) is 0 Å². The number of carbonyl (C=O) groups excluding carboxylic acids is 2. The minimum Gasteiger partial charge on any atom is -0.483 e. The maximum atomic E-state index is 12.3. The first-order valence-corrected chi connectivity index (χ1v) is 10.5. The van der Waals surface area contributed by atoms with Gasteiger partial charge in [0.25, 0.3) is 6.47 Å². The van der Waals surface area contributed by atoms with Gasteiger partial charge in [-0.05, 0) is 49.6 Å². The number of hydrogen-bond donors (Lipinski definition) is 3. The molecule has 0 aromatic heterocycles. The van der Waals surface area contributed by atoms with E-state index in [0.717, 1.165) is 38.0 Å². The molecule has 31 heavy (non-hydrogen) atoms. The molecule has 1 atom stereocenters. The van der Waals surface area contributed by atoms with Crippen LogP contribution >= 0.6 is 11.6 Å². The summed E-state index contributed by atoms with van der Waals surface area (Å²) in [6.07, 6.45) is 1.78. The van der Waals surface area contributed by atoms with Crippen LogP contribution in [0.25, 0.3) is 0 Å². The predicted molar refractivity (Wildman–Crippen MR) is 121 cm³/mol. The molecule has 8 heteroatoms. The summed E-state index contributed by atoms with van der Waals surface area (Å²) in [5, 5.41) is 13.2. The Bertz CT molecular complexity index is 876. The van der Waals surface area contributed by atoms with Crippen molar-refractivity contribution >= 4 is 35.6 Å². The Hall–Kier alpha value is -2.90. The lowest BCUT2D eigenvalue weighted by atomic mass is 10.0. The zero-order valence-corrected chi connectivity index (χ0v) is 18.3. The van der Waals surface area contributed by atoms with E-state index in [1.807, 2.05) is 31.2 Å². The summed E-state index contributed by atoms with van der Waals surface area (Å²) in [5.74, 6) is -0.580. The number of halogens is 1. The van der Waals surface area contributed by atoms with Crippen LogP contribution in [0.5, 0.6) is 0 Å². The van der Waals surface area contributed by atoms with Gasteiger partial charge in [-0.1, -0.05) is 48.0 Å². The maximum absolute atomic E-state index is 12.3. The minimum absolute atomic E-state index is 0.0747. The number of nitrogens with one attached hydrogen (secondary N) is 2. The van der Waals surface area contributed by atoms with Gasteiger partial charge in [0.1, 0.15) is 6.42 Å². The van der Waals surface area contributed by atoms with E-state index in [1.165, 1.54) is 5.56 Å². The van der Waals surface area contributed by atoms with Crippen molar-refractivity contribution in [1.82, 2.24) is 10.2 Å². The Morgan fingerprint density at radius 3 is 2.61 bits per heavy atom. The van der Waals surface area contributed by atoms with Gasteiger partial charge in [-0.15, -0.1) is 0 Å². The molecule has 3 rings (SSSR count). The number of aryl methyl sites for hydroxylation is 1. The molecule has 166 valence electrons. The summed E-state index contributed by atoms with van der Waals surface area (Å²) in [5.41, 5.74) is 2.81. The van der Waals surface area contributed by atoms with E-state index in [1.54, 1.807) is 12.1 Å². The number of likely N-dealkylation sites (tertiary alicyclic amines) is 1. The number of anilines is 1. The van der Waals surface area contributed by atoms with Crippen LogP contribution in [0.2, 0.25) is 5.02 Å². The van der Waals surface area contributed by atoms with Gasteiger partial charge in [0, 0.05) is 29.8 Å². The highest BCUT2D eigenvalue weighted by atomic mass is 35.5. The third-order valence-corrected chi connectivity index (χ3v) is 5.15. The molecule has 1 aliphatic rings. The van der Waals surface area contributed by atoms with E-state index in [4.69, 9.17) is 21.5 Å².